The number of aliphatic hydroxyl groups excluding tert-OH is 1. The SMILES string of the molecule is Cc1cccc(C)c1OCC(O)CN1CCNC(=O)CC1. The standard InChI is InChI=1S/C16H24N2O3/c1-12-4-3-5-13(2)16(12)21-11-14(19)10-18-8-6-15(20)17-7-9-18/h3-5,14,19H,6-11H2,1-2H3,(H,17,20). The highest BCUT2D eigenvalue weighted by Gasteiger charge is 2.17. The molecular formula is C16H24N2O3. The summed E-state index contributed by atoms with van der Waals surface area (Å²) in [5, 5.41) is 13.0. The van der Waals surface area contributed by atoms with E-state index >= 15 is 0 Å². The molecule has 2 N–H and O–H groups in total. The van der Waals surface area contributed by atoms with Crippen molar-refractivity contribution in [1.82, 2.24) is 10.2 Å². The molecule has 1 saturated heterocycles. The van der Waals surface area contributed by atoms with Crippen LogP contribution in [0.25, 0.3) is 0 Å². The molecule has 0 saturated carbocycles. The number of benzene rings is 1. The number of para-hydroxylation sites is 1. The fraction of sp³-hybridized carbons (Fsp3) is 0.562. The summed E-state index contributed by atoms with van der Waals surface area (Å²) in [4.78, 5) is 13.4. The first-order valence-electron chi connectivity index (χ1n) is 7.42. The molecular weight excluding hydrogens is 268 g/mol. The Morgan fingerprint density at radius 3 is 2.76 bits per heavy atom. The summed E-state index contributed by atoms with van der Waals surface area (Å²) >= 11 is 0. The van der Waals surface area contributed by atoms with Crippen LogP contribution >= 0.6 is 0 Å². The molecule has 116 valence electrons. The first kappa shape index (κ1) is 15.8. The number of amides is 1. The van der Waals surface area contributed by atoms with E-state index in [0.29, 0.717) is 26.1 Å². The van der Waals surface area contributed by atoms with Gasteiger partial charge in [-0.2, -0.15) is 0 Å². The number of ether oxygens (including phenoxy) is 1. The molecule has 0 radical (unpaired) electrons. The van der Waals surface area contributed by atoms with E-state index < -0.39 is 6.10 Å². The molecule has 1 atom stereocenters. The zero-order valence-electron chi connectivity index (χ0n) is 12.8. The average Bonchev–Trinajstić information content (AvgIpc) is 2.63. The van der Waals surface area contributed by atoms with Gasteiger partial charge in [0, 0.05) is 32.6 Å². The van der Waals surface area contributed by atoms with Gasteiger partial charge in [0.1, 0.15) is 18.5 Å². The molecule has 1 heterocycles. The maximum absolute atomic E-state index is 11.3. The minimum atomic E-state index is -0.558. The monoisotopic (exact) mass is 292 g/mol. The molecule has 1 aromatic carbocycles. The van der Waals surface area contributed by atoms with Gasteiger partial charge in [0.2, 0.25) is 5.91 Å². The Morgan fingerprint density at radius 1 is 1.33 bits per heavy atom. The van der Waals surface area contributed by atoms with E-state index in [4.69, 9.17) is 4.74 Å². The lowest BCUT2D eigenvalue weighted by atomic mass is 10.1. The van der Waals surface area contributed by atoms with Gasteiger partial charge in [0.25, 0.3) is 0 Å². The highest BCUT2D eigenvalue weighted by Crippen LogP contribution is 2.22. The van der Waals surface area contributed by atoms with Crippen LogP contribution in [0, 0.1) is 13.8 Å². The summed E-state index contributed by atoms with van der Waals surface area (Å²) in [6.45, 7) is 6.90. The van der Waals surface area contributed by atoms with Crippen molar-refractivity contribution in [2.24, 2.45) is 0 Å². The van der Waals surface area contributed by atoms with Gasteiger partial charge in [-0.1, -0.05) is 18.2 Å². The molecule has 1 aliphatic rings. The first-order valence-corrected chi connectivity index (χ1v) is 7.42. The Bertz CT molecular complexity index is 470. The van der Waals surface area contributed by atoms with E-state index in [0.717, 1.165) is 23.4 Å². The molecule has 1 aliphatic heterocycles. The molecule has 0 spiro atoms. The molecule has 5 nitrogen and oxygen atoms in total. The third-order valence-electron chi connectivity index (χ3n) is 3.70. The average molecular weight is 292 g/mol. The van der Waals surface area contributed by atoms with Crippen LogP contribution in [0.5, 0.6) is 5.75 Å². The minimum Gasteiger partial charge on any atom is -0.490 e. The van der Waals surface area contributed by atoms with Gasteiger partial charge >= 0.3 is 0 Å². The summed E-state index contributed by atoms with van der Waals surface area (Å²) in [7, 11) is 0. The molecule has 0 bridgehead atoms. The van der Waals surface area contributed by atoms with Crippen LogP contribution < -0.4 is 10.1 Å². The predicted octanol–water partition coefficient (Wildman–Crippen LogP) is 0.865. The second-order valence-corrected chi connectivity index (χ2v) is 5.59. The maximum Gasteiger partial charge on any atom is 0.221 e. The Hall–Kier alpha value is -1.59. The summed E-state index contributed by atoms with van der Waals surface area (Å²) in [6, 6.07) is 6.00. The van der Waals surface area contributed by atoms with Crippen molar-refractivity contribution >= 4 is 5.91 Å². The number of carbonyl (C=O) groups excluding carboxylic acids is 1. The lowest BCUT2D eigenvalue weighted by molar-refractivity contribution is -0.120. The second kappa shape index (κ2) is 7.43. The first-order chi connectivity index (χ1) is 10.1. The predicted molar refractivity (Wildman–Crippen MR) is 81.5 cm³/mol. The van der Waals surface area contributed by atoms with Crippen LogP contribution in [-0.4, -0.2) is 54.8 Å². The van der Waals surface area contributed by atoms with E-state index in [2.05, 4.69) is 10.2 Å². The maximum atomic E-state index is 11.3. The van der Waals surface area contributed by atoms with E-state index in [1.54, 1.807) is 0 Å². The molecule has 21 heavy (non-hydrogen) atoms. The summed E-state index contributed by atoms with van der Waals surface area (Å²) < 4.78 is 5.76. The largest absolute Gasteiger partial charge is 0.490 e. The van der Waals surface area contributed by atoms with E-state index in [1.807, 2.05) is 32.0 Å². The Kier molecular flexibility index (Phi) is 5.59. The molecule has 1 aromatic rings. The molecule has 1 unspecified atom stereocenters. The van der Waals surface area contributed by atoms with Gasteiger partial charge < -0.3 is 15.2 Å². The number of carbonyl (C=O) groups is 1. The summed E-state index contributed by atoms with van der Waals surface area (Å²) in [6.07, 6.45) is -0.0676. The summed E-state index contributed by atoms with van der Waals surface area (Å²) in [5.74, 6) is 0.933. The second-order valence-electron chi connectivity index (χ2n) is 5.59. The zero-order valence-corrected chi connectivity index (χ0v) is 12.8. The van der Waals surface area contributed by atoms with E-state index in [-0.39, 0.29) is 12.5 Å². The quantitative estimate of drug-likeness (QED) is 0.845. The third-order valence-corrected chi connectivity index (χ3v) is 3.70. The smallest absolute Gasteiger partial charge is 0.221 e. The van der Waals surface area contributed by atoms with Crippen LogP contribution in [0.2, 0.25) is 0 Å². The van der Waals surface area contributed by atoms with Crippen LogP contribution in [0.1, 0.15) is 17.5 Å². The number of aliphatic hydroxyl groups is 1. The van der Waals surface area contributed by atoms with Crippen LogP contribution in [-0.2, 0) is 4.79 Å². The van der Waals surface area contributed by atoms with Crippen molar-refractivity contribution in [2.75, 3.05) is 32.8 Å². The van der Waals surface area contributed by atoms with E-state index in [9.17, 15) is 9.90 Å². The Balaban J connectivity index is 1.82. The van der Waals surface area contributed by atoms with Gasteiger partial charge in [-0.15, -0.1) is 0 Å². The zero-order chi connectivity index (χ0) is 15.2. The van der Waals surface area contributed by atoms with Gasteiger partial charge in [0.05, 0.1) is 0 Å². The highest BCUT2D eigenvalue weighted by atomic mass is 16.5. The number of rotatable bonds is 5. The van der Waals surface area contributed by atoms with Crippen LogP contribution in [0.3, 0.4) is 0 Å². The Labute approximate surface area is 125 Å². The molecule has 5 heteroatoms. The van der Waals surface area contributed by atoms with Gasteiger partial charge in [-0.3, -0.25) is 9.69 Å². The highest BCUT2D eigenvalue weighted by molar-refractivity contribution is 5.76. The molecule has 0 aromatic heterocycles. The van der Waals surface area contributed by atoms with Crippen molar-refractivity contribution in [2.45, 2.75) is 26.4 Å². The molecule has 1 amide bonds. The fourth-order valence-corrected chi connectivity index (χ4v) is 2.55. The van der Waals surface area contributed by atoms with Gasteiger partial charge in [-0.25, -0.2) is 0 Å². The number of hydrogen-bond donors (Lipinski definition) is 2. The lowest BCUT2D eigenvalue weighted by Gasteiger charge is -2.23. The number of nitrogens with one attached hydrogen (secondary N) is 1. The normalized spacial score (nSPS) is 18.0. The van der Waals surface area contributed by atoms with Crippen molar-refractivity contribution < 1.29 is 14.6 Å². The number of hydrogen-bond acceptors (Lipinski definition) is 4. The number of β-amino-alcohol motifs (C(OH)–C–C–N with tert-alkyl or cyclic N) is 1. The topological polar surface area (TPSA) is 61.8 Å². The van der Waals surface area contributed by atoms with Crippen molar-refractivity contribution in [3.63, 3.8) is 0 Å². The van der Waals surface area contributed by atoms with Crippen LogP contribution in [0.4, 0.5) is 0 Å². The lowest BCUT2D eigenvalue weighted by Crippen LogP contribution is -2.37. The van der Waals surface area contributed by atoms with Crippen molar-refractivity contribution in [3.05, 3.63) is 29.3 Å². The Morgan fingerprint density at radius 2 is 2.05 bits per heavy atom. The van der Waals surface area contributed by atoms with Crippen molar-refractivity contribution in [1.29, 1.82) is 0 Å². The van der Waals surface area contributed by atoms with Crippen LogP contribution in [0.15, 0.2) is 18.2 Å². The fourth-order valence-electron chi connectivity index (χ4n) is 2.55. The number of aryl methyl sites for hydroxylation is 2. The molecule has 2 rings (SSSR count). The number of nitrogens with zero attached hydrogens (tertiary/aromatic N) is 1. The van der Waals surface area contributed by atoms with Gasteiger partial charge in [-0.05, 0) is 25.0 Å². The third kappa shape index (κ3) is 4.72. The molecule has 0 aliphatic carbocycles. The minimum absolute atomic E-state index is 0.0822. The van der Waals surface area contributed by atoms with Crippen molar-refractivity contribution in [3.8, 4) is 5.75 Å². The summed E-state index contributed by atoms with van der Waals surface area (Å²) in [5.41, 5.74) is 2.15. The van der Waals surface area contributed by atoms with Gasteiger partial charge in [0.15, 0.2) is 0 Å². The molecule has 1 fully saturated rings. The van der Waals surface area contributed by atoms with E-state index in [1.165, 1.54) is 0 Å².